The van der Waals surface area contributed by atoms with E-state index in [1.807, 2.05) is 38.1 Å². The summed E-state index contributed by atoms with van der Waals surface area (Å²) in [6.45, 7) is 3.70. The van der Waals surface area contributed by atoms with Crippen molar-refractivity contribution < 1.29 is 27.9 Å². The summed E-state index contributed by atoms with van der Waals surface area (Å²) in [5.41, 5.74) is 6.15. The van der Waals surface area contributed by atoms with Gasteiger partial charge in [0.25, 0.3) is 15.9 Å². The fourth-order valence-corrected chi connectivity index (χ4v) is 7.72. The quantitative estimate of drug-likeness (QED) is 0.0981. The van der Waals surface area contributed by atoms with Gasteiger partial charge in [0.2, 0.25) is 0 Å². The van der Waals surface area contributed by atoms with Crippen LogP contribution in [0, 0.1) is 6.92 Å². The molecule has 1 aliphatic rings. The number of allylic oxidation sites excluding steroid dienone is 2. The van der Waals surface area contributed by atoms with E-state index in [0.717, 1.165) is 36.0 Å². The fourth-order valence-electron chi connectivity index (χ4n) is 6.13. The zero-order valence-corrected chi connectivity index (χ0v) is 29.0. The van der Waals surface area contributed by atoms with Crippen LogP contribution < -0.4 is 20.7 Å². The van der Waals surface area contributed by atoms with Gasteiger partial charge in [-0.05, 0) is 103 Å². The number of benzene rings is 4. The molecule has 0 saturated carbocycles. The van der Waals surface area contributed by atoms with Crippen LogP contribution in [0.15, 0.2) is 102 Å². The van der Waals surface area contributed by atoms with E-state index in [0.29, 0.717) is 28.8 Å². The van der Waals surface area contributed by atoms with E-state index in [9.17, 15) is 22.8 Å². The number of para-hydroxylation sites is 1. The van der Waals surface area contributed by atoms with Crippen LogP contribution in [0.3, 0.4) is 0 Å². The highest BCUT2D eigenvalue weighted by Gasteiger charge is 2.26. The van der Waals surface area contributed by atoms with Crippen LogP contribution in [0.1, 0.15) is 83.2 Å². The highest BCUT2D eigenvalue weighted by molar-refractivity contribution is 7.93. The molecule has 0 heterocycles. The Morgan fingerprint density at radius 3 is 2.16 bits per heavy atom. The number of rotatable bonds is 13. The van der Waals surface area contributed by atoms with Crippen molar-refractivity contribution in [3.05, 3.63) is 130 Å². The summed E-state index contributed by atoms with van der Waals surface area (Å²) in [5, 5.41) is 17.3. The van der Waals surface area contributed by atoms with Crippen molar-refractivity contribution in [3.63, 3.8) is 0 Å². The smallest absolute Gasteiger partial charge is 0.320 e. The first kappa shape index (κ1) is 35.9. The number of urea groups is 1. The average Bonchev–Trinajstić information content (AvgIpc) is 3.11. The van der Waals surface area contributed by atoms with Crippen LogP contribution in [0.2, 0.25) is 0 Å². The maximum absolute atomic E-state index is 13.8. The second-order valence-electron chi connectivity index (χ2n) is 12.2. The van der Waals surface area contributed by atoms with Crippen molar-refractivity contribution in [1.29, 1.82) is 0 Å². The lowest BCUT2D eigenvalue weighted by atomic mass is 9.91. The van der Waals surface area contributed by atoms with E-state index in [-0.39, 0.29) is 23.5 Å². The van der Waals surface area contributed by atoms with Gasteiger partial charge in [0.15, 0.2) is 0 Å². The van der Waals surface area contributed by atoms with Crippen LogP contribution in [0.4, 0.5) is 16.2 Å². The Kier molecular flexibility index (Phi) is 11.7. The molecule has 4 aromatic rings. The summed E-state index contributed by atoms with van der Waals surface area (Å²) < 4.78 is 30.2. The Hall–Kier alpha value is -5.42. The average molecular weight is 695 g/mol. The number of carbonyl (C=O) groups excluding carboxylic acids is 2. The van der Waals surface area contributed by atoms with Crippen molar-refractivity contribution in [2.45, 2.75) is 63.3 Å². The van der Waals surface area contributed by atoms with Crippen molar-refractivity contribution in [2.75, 3.05) is 16.6 Å². The van der Waals surface area contributed by atoms with Crippen LogP contribution in [0.25, 0.3) is 5.57 Å². The Morgan fingerprint density at radius 1 is 0.860 bits per heavy atom. The molecule has 0 fully saturated rings. The Bertz CT molecular complexity index is 1980. The molecule has 1 aliphatic carbocycles. The molecule has 0 bridgehead atoms. The molecule has 1 unspecified atom stereocenters. The van der Waals surface area contributed by atoms with Gasteiger partial charge in [-0.15, -0.1) is 0 Å². The molecule has 11 heteroatoms. The second-order valence-corrected chi connectivity index (χ2v) is 13.8. The van der Waals surface area contributed by atoms with Gasteiger partial charge in [-0.25, -0.2) is 13.2 Å². The molecule has 0 aromatic heterocycles. The van der Waals surface area contributed by atoms with Crippen LogP contribution >= 0.6 is 0 Å². The third kappa shape index (κ3) is 8.97. The standard InChI is InChI=1S/C39H42N4O6S/c1-3-33-26(2)14-23-34(37(33)50(48,49)43-32-12-8-5-9-13-32)41-39(47)42-36(29-17-15-28(16-18-29)27-10-6-4-7-11-27)30-19-21-31(22-20-30)38(46)40-25-24-35(44)45/h5,8-10,12-23,36,43H,3-4,6-7,11,24-25H2,1-2H3,(H,40,46)(H,44,45)(H2,41,42,47). The normalized spacial score (nSPS) is 13.4. The van der Waals surface area contributed by atoms with Crippen LogP contribution in [0.5, 0.6) is 0 Å². The fraction of sp³-hybridized carbons (Fsp3) is 0.256. The zero-order chi connectivity index (χ0) is 35.7. The number of nitrogens with one attached hydrogen (secondary N) is 4. The topological polar surface area (TPSA) is 154 Å². The summed E-state index contributed by atoms with van der Waals surface area (Å²) in [7, 11) is -4.10. The zero-order valence-electron chi connectivity index (χ0n) is 28.2. The van der Waals surface area contributed by atoms with Crippen LogP contribution in [-0.4, -0.2) is 38.0 Å². The van der Waals surface area contributed by atoms with E-state index >= 15 is 0 Å². The Morgan fingerprint density at radius 2 is 1.54 bits per heavy atom. The molecule has 10 nitrogen and oxygen atoms in total. The molecule has 3 amide bonds. The van der Waals surface area contributed by atoms with Crippen molar-refractivity contribution in [1.82, 2.24) is 10.6 Å². The number of aliphatic carboxylic acids is 1. The van der Waals surface area contributed by atoms with E-state index in [4.69, 9.17) is 5.11 Å². The molecular formula is C39H42N4O6S. The number of carboxylic acids is 1. The summed E-state index contributed by atoms with van der Waals surface area (Å²) in [6, 6.07) is 25.4. The van der Waals surface area contributed by atoms with Gasteiger partial charge in [0.05, 0.1) is 18.2 Å². The summed E-state index contributed by atoms with van der Waals surface area (Å²) in [6.07, 6.45) is 6.90. The number of carboxylic acid groups (broad SMARTS) is 1. The monoisotopic (exact) mass is 694 g/mol. The SMILES string of the molecule is CCc1c(C)ccc(NC(=O)NC(c2ccc(C(=O)NCCC(=O)O)cc2)c2ccc(C3=CCCCC3)cc2)c1S(=O)(=O)Nc1ccccc1. The second kappa shape index (κ2) is 16.3. The minimum absolute atomic E-state index is 0.000383. The molecule has 5 rings (SSSR count). The van der Waals surface area contributed by atoms with Gasteiger partial charge in [0.1, 0.15) is 4.90 Å². The minimum Gasteiger partial charge on any atom is -0.481 e. The van der Waals surface area contributed by atoms with Gasteiger partial charge < -0.3 is 21.1 Å². The summed E-state index contributed by atoms with van der Waals surface area (Å²) >= 11 is 0. The Labute approximate surface area is 293 Å². The van der Waals surface area contributed by atoms with Gasteiger partial charge in [-0.1, -0.05) is 73.7 Å². The number of amides is 3. The molecule has 0 spiro atoms. The van der Waals surface area contributed by atoms with E-state index in [2.05, 4.69) is 26.7 Å². The molecular weight excluding hydrogens is 653 g/mol. The lowest BCUT2D eigenvalue weighted by Gasteiger charge is -2.23. The highest BCUT2D eigenvalue weighted by atomic mass is 32.2. The summed E-state index contributed by atoms with van der Waals surface area (Å²) in [5.74, 6) is -1.42. The number of aryl methyl sites for hydroxylation is 1. The number of hydrogen-bond donors (Lipinski definition) is 5. The van der Waals surface area contributed by atoms with Gasteiger partial charge in [-0.2, -0.15) is 0 Å². The van der Waals surface area contributed by atoms with E-state index in [1.54, 1.807) is 66.7 Å². The molecule has 0 saturated heterocycles. The predicted octanol–water partition coefficient (Wildman–Crippen LogP) is 7.43. The number of anilines is 2. The molecule has 0 radical (unpaired) electrons. The number of sulfonamides is 1. The predicted molar refractivity (Wildman–Crippen MR) is 196 cm³/mol. The Balaban J connectivity index is 1.44. The minimum atomic E-state index is -4.10. The molecule has 4 aromatic carbocycles. The van der Waals surface area contributed by atoms with E-state index in [1.165, 1.54) is 12.0 Å². The molecule has 1 atom stereocenters. The highest BCUT2D eigenvalue weighted by Crippen LogP contribution is 2.32. The number of carbonyl (C=O) groups is 3. The van der Waals surface area contributed by atoms with Crippen LogP contribution in [-0.2, 0) is 21.2 Å². The lowest BCUT2D eigenvalue weighted by molar-refractivity contribution is -0.136. The van der Waals surface area contributed by atoms with Crippen molar-refractivity contribution in [3.8, 4) is 0 Å². The van der Waals surface area contributed by atoms with E-state index < -0.39 is 34.0 Å². The summed E-state index contributed by atoms with van der Waals surface area (Å²) in [4.78, 5) is 37.2. The van der Waals surface area contributed by atoms with Gasteiger partial charge in [-0.3, -0.25) is 14.3 Å². The third-order valence-corrected chi connectivity index (χ3v) is 10.2. The van der Waals surface area contributed by atoms with Crippen molar-refractivity contribution >= 4 is 44.9 Å². The first-order valence-electron chi connectivity index (χ1n) is 16.7. The van der Waals surface area contributed by atoms with Crippen molar-refractivity contribution in [2.24, 2.45) is 0 Å². The number of hydrogen-bond acceptors (Lipinski definition) is 5. The maximum Gasteiger partial charge on any atom is 0.320 e. The first-order valence-corrected chi connectivity index (χ1v) is 18.2. The largest absolute Gasteiger partial charge is 0.481 e. The third-order valence-electron chi connectivity index (χ3n) is 8.70. The first-order chi connectivity index (χ1) is 24.1. The maximum atomic E-state index is 13.8. The molecule has 260 valence electrons. The molecule has 0 aliphatic heterocycles. The molecule has 5 N–H and O–H groups in total. The van der Waals surface area contributed by atoms with Gasteiger partial charge >= 0.3 is 12.0 Å². The molecule has 50 heavy (non-hydrogen) atoms. The van der Waals surface area contributed by atoms with Gasteiger partial charge in [0, 0.05) is 17.8 Å². The lowest BCUT2D eigenvalue weighted by Crippen LogP contribution is -2.34.